The van der Waals surface area contributed by atoms with Crippen molar-refractivity contribution >= 4 is 27.5 Å². The van der Waals surface area contributed by atoms with Crippen LogP contribution < -0.4 is 5.32 Å². The minimum Gasteiger partial charge on any atom is -0.377 e. The average Bonchev–Trinajstić information content (AvgIpc) is 2.81. The van der Waals surface area contributed by atoms with E-state index in [9.17, 15) is 4.79 Å². The molecule has 1 aliphatic rings. The Kier molecular flexibility index (Phi) is 4.63. The van der Waals surface area contributed by atoms with Crippen molar-refractivity contribution < 1.29 is 9.53 Å². The molecule has 1 amide bonds. The van der Waals surface area contributed by atoms with E-state index in [1.807, 2.05) is 26.0 Å². The molecule has 1 aromatic carbocycles. The number of benzene rings is 1. The number of amides is 1. The summed E-state index contributed by atoms with van der Waals surface area (Å²) in [5.41, 5.74) is 3.08. The highest BCUT2D eigenvalue weighted by molar-refractivity contribution is 9.10. The lowest BCUT2D eigenvalue weighted by Crippen LogP contribution is -2.29. The SMILES string of the molecule is CCC1OCCC1C(=O)Nc1c(C)cc(Br)cc1C. The van der Waals surface area contributed by atoms with E-state index in [4.69, 9.17) is 4.74 Å². The van der Waals surface area contributed by atoms with Gasteiger partial charge in [-0.25, -0.2) is 0 Å². The van der Waals surface area contributed by atoms with Gasteiger partial charge < -0.3 is 10.1 Å². The monoisotopic (exact) mass is 325 g/mol. The van der Waals surface area contributed by atoms with E-state index < -0.39 is 0 Å². The molecular weight excluding hydrogens is 306 g/mol. The fourth-order valence-electron chi connectivity index (χ4n) is 2.67. The fraction of sp³-hybridized carbons (Fsp3) is 0.533. The summed E-state index contributed by atoms with van der Waals surface area (Å²) in [5.74, 6) is 0.0605. The van der Waals surface area contributed by atoms with Crippen molar-refractivity contribution in [2.75, 3.05) is 11.9 Å². The van der Waals surface area contributed by atoms with Crippen LogP contribution in [0.4, 0.5) is 5.69 Å². The molecule has 1 aliphatic heterocycles. The van der Waals surface area contributed by atoms with E-state index in [0.29, 0.717) is 6.61 Å². The van der Waals surface area contributed by atoms with Gasteiger partial charge in [-0.05, 0) is 49.9 Å². The molecule has 19 heavy (non-hydrogen) atoms. The predicted octanol–water partition coefficient (Wildman–Crippen LogP) is 3.82. The third-order valence-corrected chi connectivity index (χ3v) is 4.15. The normalized spacial score (nSPS) is 22.5. The second kappa shape index (κ2) is 6.06. The van der Waals surface area contributed by atoms with Crippen molar-refractivity contribution in [1.82, 2.24) is 0 Å². The van der Waals surface area contributed by atoms with E-state index in [2.05, 4.69) is 28.2 Å². The number of hydrogen-bond donors (Lipinski definition) is 1. The van der Waals surface area contributed by atoms with Gasteiger partial charge in [-0.3, -0.25) is 4.79 Å². The lowest BCUT2D eigenvalue weighted by molar-refractivity contribution is -0.121. The van der Waals surface area contributed by atoms with Crippen molar-refractivity contribution in [2.45, 2.75) is 39.7 Å². The maximum atomic E-state index is 12.4. The third-order valence-electron chi connectivity index (χ3n) is 3.69. The van der Waals surface area contributed by atoms with Gasteiger partial charge in [-0.2, -0.15) is 0 Å². The quantitative estimate of drug-likeness (QED) is 0.917. The van der Waals surface area contributed by atoms with Crippen LogP contribution in [0.3, 0.4) is 0 Å². The first-order valence-electron chi connectivity index (χ1n) is 6.72. The first kappa shape index (κ1) is 14.5. The number of carbonyl (C=O) groups is 1. The minimum absolute atomic E-state index is 0.0209. The van der Waals surface area contributed by atoms with Gasteiger partial charge in [0.15, 0.2) is 0 Å². The molecule has 1 heterocycles. The lowest BCUT2D eigenvalue weighted by atomic mass is 9.98. The molecule has 0 spiro atoms. The molecule has 2 rings (SSSR count). The second-order valence-electron chi connectivity index (χ2n) is 5.12. The fourth-order valence-corrected chi connectivity index (χ4v) is 3.36. The Balaban J connectivity index is 2.15. The molecule has 0 aliphatic carbocycles. The molecule has 4 heteroatoms. The van der Waals surface area contributed by atoms with E-state index in [-0.39, 0.29) is 17.9 Å². The summed E-state index contributed by atoms with van der Waals surface area (Å²) in [6, 6.07) is 4.04. The Morgan fingerprint density at radius 3 is 2.63 bits per heavy atom. The average molecular weight is 326 g/mol. The Bertz CT molecular complexity index is 464. The van der Waals surface area contributed by atoms with Crippen molar-refractivity contribution in [3.05, 3.63) is 27.7 Å². The molecule has 3 nitrogen and oxygen atoms in total. The zero-order chi connectivity index (χ0) is 14.0. The third kappa shape index (κ3) is 3.18. The molecule has 104 valence electrons. The van der Waals surface area contributed by atoms with Crippen LogP contribution in [0.5, 0.6) is 0 Å². The van der Waals surface area contributed by atoms with Crippen LogP contribution >= 0.6 is 15.9 Å². The van der Waals surface area contributed by atoms with E-state index in [0.717, 1.165) is 34.1 Å². The van der Waals surface area contributed by atoms with Crippen LogP contribution in [0.15, 0.2) is 16.6 Å². The van der Waals surface area contributed by atoms with Crippen molar-refractivity contribution in [3.8, 4) is 0 Å². The smallest absolute Gasteiger partial charge is 0.230 e. The van der Waals surface area contributed by atoms with Crippen LogP contribution in [-0.4, -0.2) is 18.6 Å². The Labute approximate surface area is 122 Å². The largest absolute Gasteiger partial charge is 0.377 e. The predicted molar refractivity (Wildman–Crippen MR) is 80.4 cm³/mol. The van der Waals surface area contributed by atoms with Gasteiger partial charge in [-0.15, -0.1) is 0 Å². The van der Waals surface area contributed by atoms with Gasteiger partial charge >= 0.3 is 0 Å². The number of anilines is 1. The van der Waals surface area contributed by atoms with Gasteiger partial charge in [0, 0.05) is 16.8 Å². The highest BCUT2D eigenvalue weighted by Gasteiger charge is 2.33. The van der Waals surface area contributed by atoms with Crippen LogP contribution in [-0.2, 0) is 9.53 Å². The lowest BCUT2D eigenvalue weighted by Gasteiger charge is -2.18. The zero-order valence-electron chi connectivity index (χ0n) is 11.6. The number of nitrogens with one attached hydrogen (secondary N) is 1. The maximum absolute atomic E-state index is 12.4. The molecule has 2 atom stereocenters. The molecule has 0 bridgehead atoms. The van der Waals surface area contributed by atoms with Gasteiger partial charge in [0.1, 0.15) is 0 Å². The van der Waals surface area contributed by atoms with Crippen LogP contribution in [0.25, 0.3) is 0 Å². The summed E-state index contributed by atoms with van der Waals surface area (Å²) < 4.78 is 6.62. The molecule has 1 N–H and O–H groups in total. The second-order valence-corrected chi connectivity index (χ2v) is 6.03. The summed E-state index contributed by atoms with van der Waals surface area (Å²) in [6.45, 7) is 6.77. The summed E-state index contributed by atoms with van der Waals surface area (Å²) in [6.07, 6.45) is 1.77. The highest BCUT2D eigenvalue weighted by atomic mass is 79.9. The van der Waals surface area contributed by atoms with Gasteiger partial charge in [0.2, 0.25) is 5.91 Å². The topological polar surface area (TPSA) is 38.3 Å². The van der Waals surface area contributed by atoms with E-state index in [1.54, 1.807) is 0 Å². The number of rotatable bonds is 3. The van der Waals surface area contributed by atoms with Crippen molar-refractivity contribution in [2.24, 2.45) is 5.92 Å². The van der Waals surface area contributed by atoms with Crippen molar-refractivity contribution in [3.63, 3.8) is 0 Å². The highest BCUT2D eigenvalue weighted by Crippen LogP contribution is 2.28. The number of ether oxygens (including phenoxy) is 1. The Hall–Kier alpha value is -0.870. The van der Waals surface area contributed by atoms with E-state index in [1.165, 1.54) is 0 Å². The molecule has 2 unspecified atom stereocenters. The molecule has 1 saturated heterocycles. The summed E-state index contributed by atoms with van der Waals surface area (Å²) in [7, 11) is 0. The first-order chi connectivity index (χ1) is 9.02. The van der Waals surface area contributed by atoms with E-state index >= 15 is 0 Å². The summed E-state index contributed by atoms with van der Waals surface area (Å²) >= 11 is 3.47. The maximum Gasteiger partial charge on any atom is 0.230 e. The zero-order valence-corrected chi connectivity index (χ0v) is 13.2. The van der Waals surface area contributed by atoms with Gasteiger partial charge in [0.25, 0.3) is 0 Å². The van der Waals surface area contributed by atoms with Crippen LogP contribution in [0, 0.1) is 19.8 Å². The number of hydrogen-bond acceptors (Lipinski definition) is 2. The molecular formula is C15H20BrNO2. The summed E-state index contributed by atoms with van der Waals surface area (Å²) in [5, 5.41) is 3.07. The molecule has 1 aromatic rings. The van der Waals surface area contributed by atoms with Gasteiger partial charge in [0.05, 0.1) is 12.0 Å². The molecule has 1 fully saturated rings. The number of carbonyl (C=O) groups excluding carboxylic acids is 1. The first-order valence-corrected chi connectivity index (χ1v) is 7.51. The number of aryl methyl sites for hydroxylation is 2. The van der Waals surface area contributed by atoms with Crippen molar-refractivity contribution in [1.29, 1.82) is 0 Å². The number of halogens is 1. The molecule has 0 aromatic heterocycles. The Morgan fingerprint density at radius 1 is 1.42 bits per heavy atom. The standard InChI is InChI=1S/C15H20BrNO2/c1-4-13-12(5-6-19-13)15(18)17-14-9(2)7-11(16)8-10(14)3/h7-8,12-13H,4-6H2,1-3H3,(H,17,18). The molecule has 0 saturated carbocycles. The van der Waals surface area contributed by atoms with Crippen LogP contribution in [0.2, 0.25) is 0 Å². The molecule has 0 radical (unpaired) electrons. The minimum atomic E-state index is -0.0209. The van der Waals surface area contributed by atoms with Crippen LogP contribution in [0.1, 0.15) is 30.9 Å². The Morgan fingerprint density at radius 2 is 2.05 bits per heavy atom. The van der Waals surface area contributed by atoms with Gasteiger partial charge in [-0.1, -0.05) is 22.9 Å². The summed E-state index contributed by atoms with van der Waals surface area (Å²) in [4.78, 5) is 12.4.